The lowest BCUT2D eigenvalue weighted by molar-refractivity contribution is -0.175. The molecular formula is C43H65N3O2S. The molecule has 0 radical (unpaired) electrons. The minimum atomic E-state index is -0.583. The fourth-order valence-corrected chi connectivity index (χ4v) is 15.1. The largest absolute Gasteiger partial charge is 0.477 e. The average Bonchev–Trinajstić information content (AvgIpc) is 3.53. The molecule has 270 valence electrons. The molecule has 9 atom stereocenters. The fraction of sp³-hybridized carbons (Fsp3) is 0.791. The van der Waals surface area contributed by atoms with Gasteiger partial charge in [0.25, 0.3) is 0 Å². The Morgan fingerprint density at radius 3 is 2.55 bits per heavy atom. The van der Waals surface area contributed by atoms with Crippen molar-refractivity contribution in [2.75, 3.05) is 44.3 Å². The summed E-state index contributed by atoms with van der Waals surface area (Å²) in [5.41, 5.74) is 4.83. The van der Waals surface area contributed by atoms with Gasteiger partial charge in [-0.25, -0.2) is 4.98 Å². The van der Waals surface area contributed by atoms with Gasteiger partial charge >= 0.3 is 0 Å². The zero-order chi connectivity index (χ0) is 33.9. The Morgan fingerprint density at radius 1 is 0.918 bits per heavy atom. The first-order chi connectivity index (χ1) is 23.6. The van der Waals surface area contributed by atoms with Crippen LogP contribution in [0, 0.1) is 51.8 Å². The molecule has 1 saturated heterocycles. The van der Waals surface area contributed by atoms with E-state index >= 15 is 0 Å². The van der Waals surface area contributed by atoms with Gasteiger partial charge in [-0.15, -0.1) is 0 Å². The molecule has 1 aromatic rings. The first-order valence-electron chi connectivity index (χ1n) is 20.4. The van der Waals surface area contributed by atoms with Gasteiger partial charge in [0.05, 0.1) is 6.61 Å². The quantitative estimate of drug-likeness (QED) is 0.297. The van der Waals surface area contributed by atoms with Crippen molar-refractivity contribution in [1.82, 2.24) is 15.2 Å². The molecule has 6 heteroatoms. The Hall–Kier alpha value is -1.50. The predicted octanol–water partition coefficient (Wildman–Crippen LogP) is 8.59. The van der Waals surface area contributed by atoms with E-state index in [-0.39, 0.29) is 5.41 Å². The summed E-state index contributed by atoms with van der Waals surface area (Å²) in [6, 6.07) is 5.92. The molecule has 1 aliphatic heterocycles. The van der Waals surface area contributed by atoms with Crippen LogP contribution in [0.4, 0.5) is 0 Å². The number of pyridine rings is 1. The van der Waals surface area contributed by atoms with Gasteiger partial charge in [0.2, 0.25) is 5.88 Å². The fourth-order valence-electron chi connectivity index (χ4n) is 14.0. The van der Waals surface area contributed by atoms with Crippen molar-refractivity contribution in [3.63, 3.8) is 0 Å². The van der Waals surface area contributed by atoms with Crippen molar-refractivity contribution in [3.8, 4) is 5.88 Å². The molecule has 1 aromatic heterocycles. The molecule has 8 rings (SSSR count). The standard InChI is InChI=1S/C43H65N3O2S/c1-40(2)34(32-12-10-31(11-13-32)30-48-39-9-5-6-23-44-39)16-20-42(4)37(40)18-21-41(3)35-17-22-43(45-24-25-46-26-28-49(47)29-27-46)19-7-8-36(43)33(35)14-15-38(41)42/h5-6,9,12,16,23,31,33,35-38,45H,7-8,10-11,13-15,17-22,24-30H2,1-4H3/t31-,33?,35?,36+,37?,38?,41?,42?,43?/m0/s1. The maximum Gasteiger partial charge on any atom is 0.213 e. The van der Waals surface area contributed by atoms with Gasteiger partial charge in [0.15, 0.2) is 0 Å². The van der Waals surface area contributed by atoms with Crippen LogP contribution < -0.4 is 10.1 Å². The molecule has 6 aliphatic carbocycles. The first-order valence-corrected chi connectivity index (χ1v) is 21.9. The van der Waals surface area contributed by atoms with Crippen LogP contribution >= 0.6 is 0 Å². The Labute approximate surface area is 300 Å². The second kappa shape index (κ2) is 13.5. The highest BCUT2D eigenvalue weighted by Crippen LogP contribution is 2.72. The SMILES string of the molecule is CC1(C)C(C2=CC[C@H](COc3ccccn3)CC2)=CCC2(C)C1CCC1(C)C3CCC4(NCCN5CCS(=O)CC5)CCC[C@@H]4C3CCC12. The van der Waals surface area contributed by atoms with Crippen LogP contribution in [-0.2, 0) is 10.8 Å². The normalized spacial score (nSPS) is 42.2. The summed E-state index contributed by atoms with van der Waals surface area (Å²) in [7, 11) is -0.583. The molecule has 7 unspecified atom stereocenters. The molecule has 49 heavy (non-hydrogen) atoms. The topological polar surface area (TPSA) is 54.5 Å². The summed E-state index contributed by atoms with van der Waals surface area (Å²) in [6.45, 7) is 15.8. The summed E-state index contributed by atoms with van der Waals surface area (Å²) >= 11 is 0. The summed E-state index contributed by atoms with van der Waals surface area (Å²) in [5.74, 6) is 7.37. The van der Waals surface area contributed by atoms with Crippen LogP contribution in [0.2, 0.25) is 0 Å². The van der Waals surface area contributed by atoms with E-state index in [4.69, 9.17) is 4.74 Å². The molecule has 0 spiro atoms. The van der Waals surface area contributed by atoms with E-state index in [1.807, 2.05) is 24.4 Å². The Morgan fingerprint density at radius 2 is 1.78 bits per heavy atom. The third-order valence-corrected chi connectivity index (χ3v) is 17.5. The molecule has 2 heterocycles. The highest BCUT2D eigenvalue weighted by molar-refractivity contribution is 7.85. The summed E-state index contributed by atoms with van der Waals surface area (Å²) in [4.78, 5) is 6.91. The summed E-state index contributed by atoms with van der Waals surface area (Å²) in [5, 5.41) is 4.25. The van der Waals surface area contributed by atoms with Crippen LogP contribution in [0.5, 0.6) is 5.88 Å². The van der Waals surface area contributed by atoms with Crippen LogP contribution in [0.1, 0.15) is 111 Å². The van der Waals surface area contributed by atoms with Crippen LogP contribution in [0.3, 0.4) is 0 Å². The molecule has 0 amide bonds. The van der Waals surface area contributed by atoms with E-state index in [1.54, 1.807) is 11.1 Å². The van der Waals surface area contributed by atoms with Gasteiger partial charge in [-0.1, -0.05) is 52.3 Å². The Kier molecular flexibility index (Phi) is 9.51. The number of nitrogens with one attached hydrogen (secondary N) is 1. The van der Waals surface area contributed by atoms with Crippen molar-refractivity contribution in [2.24, 2.45) is 51.8 Å². The number of allylic oxidation sites excluding steroid dienone is 4. The highest BCUT2D eigenvalue weighted by atomic mass is 32.2. The van der Waals surface area contributed by atoms with Gasteiger partial charge in [-0.2, -0.15) is 0 Å². The minimum absolute atomic E-state index is 0.231. The van der Waals surface area contributed by atoms with Gasteiger partial charge < -0.3 is 15.0 Å². The number of aromatic nitrogens is 1. The number of nitrogens with zero attached hydrogens (tertiary/aromatic N) is 2. The smallest absolute Gasteiger partial charge is 0.213 e. The van der Waals surface area contributed by atoms with E-state index < -0.39 is 10.8 Å². The average molecular weight is 688 g/mol. The lowest BCUT2D eigenvalue weighted by atomic mass is 9.37. The van der Waals surface area contributed by atoms with Crippen molar-refractivity contribution in [1.29, 1.82) is 0 Å². The van der Waals surface area contributed by atoms with Crippen molar-refractivity contribution >= 4 is 10.8 Å². The number of hydrogen-bond donors (Lipinski definition) is 1. The summed E-state index contributed by atoms with van der Waals surface area (Å²) < 4.78 is 17.9. The van der Waals surface area contributed by atoms with E-state index in [1.165, 1.54) is 77.0 Å². The monoisotopic (exact) mass is 687 g/mol. The van der Waals surface area contributed by atoms with Gasteiger partial charge in [-0.05, 0) is 146 Å². The molecule has 4 saturated carbocycles. The lowest BCUT2D eigenvalue weighted by Crippen LogP contribution is -2.64. The van der Waals surface area contributed by atoms with Gasteiger partial charge in [-0.3, -0.25) is 4.21 Å². The third kappa shape index (κ3) is 6.14. The van der Waals surface area contributed by atoms with Crippen LogP contribution in [-0.4, -0.2) is 63.9 Å². The maximum atomic E-state index is 11.9. The van der Waals surface area contributed by atoms with E-state index in [9.17, 15) is 4.21 Å². The molecular weight excluding hydrogens is 623 g/mol. The number of hydrogen-bond acceptors (Lipinski definition) is 5. The number of fused-ring (bicyclic) bond motifs is 7. The molecule has 5 fully saturated rings. The lowest BCUT2D eigenvalue weighted by Gasteiger charge is -2.68. The second-order valence-electron chi connectivity index (χ2n) is 18.7. The van der Waals surface area contributed by atoms with Crippen molar-refractivity contribution < 1.29 is 8.95 Å². The highest BCUT2D eigenvalue weighted by Gasteiger charge is 2.65. The minimum Gasteiger partial charge on any atom is -0.477 e. The van der Waals surface area contributed by atoms with Gasteiger partial charge in [0.1, 0.15) is 0 Å². The van der Waals surface area contributed by atoms with E-state index in [0.29, 0.717) is 22.3 Å². The van der Waals surface area contributed by atoms with Crippen LogP contribution in [0.15, 0.2) is 47.7 Å². The van der Waals surface area contributed by atoms with E-state index in [0.717, 1.165) is 86.2 Å². The Balaban J connectivity index is 0.938. The zero-order valence-electron chi connectivity index (χ0n) is 31.2. The second-order valence-corrected chi connectivity index (χ2v) is 20.4. The number of ether oxygens (including phenoxy) is 1. The van der Waals surface area contributed by atoms with Crippen molar-refractivity contribution in [3.05, 3.63) is 47.7 Å². The maximum absolute atomic E-state index is 11.9. The van der Waals surface area contributed by atoms with Crippen LogP contribution in [0.25, 0.3) is 0 Å². The zero-order valence-corrected chi connectivity index (χ0v) is 32.0. The predicted molar refractivity (Wildman–Crippen MR) is 202 cm³/mol. The van der Waals surface area contributed by atoms with Crippen molar-refractivity contribution in [2.45, 2.75) is 117 Å². The molecule has 5 nitrogen and oxygen atoms in total. The first kappa shape index (κ1) is 34.6. The third-order valence-electron chi connectivity index (χ3n) is 16.2. The molecule has 0 aromatic carbocycles. The molecule has 1 N–H and O–H groups in total. The Bertz CT molecular complexity index is 1430. The molecule has 0 bridgehead atoms. The summed E-state index contributed by atoms with van der Waals surface area (Å²) in [6.07, 6.45) is 24.8. The van der Waals surface area contributed by atoms with E-state index in [2.05, 4.69) is 55.0 Å². The number of rotatable bonds is 8. The molecule has 7 aliphatic rings. The van der Waals surface area contributed by atoms with Gasteiger partial charge in [0, 0.05) is 66.3 Å².